The van der Waals surface area contributed by atoms with Gasteiger partial charge in [-0.15, -0.1) is 0 Å². The molecule has 0 amide bonds. The second-order valence-electron chi connectivity index (χ2n) is 8.24. The summed E-state index contributed by atoms with van der Waals surface area (Å²) in [6.07, 6.45) is 5.84. The first-order valence-electron chi connectivity index (χ1n) is 9.22. The topological polar surface area (TPSA) is 23.5 Å². The molecule has 0 heterocycles. The number of hydrogen-bond donors (Lipinski definition) is 1. The number of nitrogens with zero attached hydrogens (tertiary/aromatic N) is 1. The summed E-state index contributed by atoms with van der Waals surface area (Å²) in [4.78, 5) is 2.58. The maximum Gasteiger partial charge on any atom is 0.0580 e. The van der Waals surface area contributed by atoms with Crippen molar-refractivity contribution in [2.75, 3.05) is 19.6 Å². The van der Waals surface area contributed by atoms with Gasteiger partial charge in [0.1, 0.15) is 0 Å². The Balaban J connectivity index is 2.60. The first kappa shape index (κ1) is 19.0. The van der Waals surface area contributed by atoms with Crippen LogP contribution in [0.2, 0.25) is 0 Å². The lowest BCUT2D eigenvalue weighted by molar-refractivity contribution is 0.00182. The van der Waals surface area contributed by atoms with Crippen LogP contribution in [0.15, 0.2) is 0 Å². The highest BCUT2D eigenvalue weighted by Crippen LogP contribution is 2.40. The zero-order valence-corrected chi connectivity index (χ0v) is 15.4. The summed E-state index contributed by atoms with van der Waals surface area (Å²) in [5.41, 5.74) is 0.380. The van der Waals surface area contributed by atoms with Gasteiger partial charge in [0.2, 0.25) is 0 Å². The van der Waals surface area contributed by atoms with E-state index in [0.29, 0.717) is 11.3 Å². The average Bonchev–Trinajstić information content (AvgIpc) is 2.44. The summed E-state index contributed by atoms with van der Waals surface area (Å²) in [5, 5.41) is 10.4. The van der Waals surface area contributed by atoms with Crippen LogP contribution in [0.4, 0.5) is 0 Å². The monoisotopic (exact) mass is 297 g/mol. The first-order valence-corrected chi connectivity index (χ1v) is 9.22. The van der Waals surface area contributed by atoms with Crippen molar-refractivity contribution in [2.24, 2.45) is 23.2 Å². The molecule has 21 heavy (non-hydrogen) atoms. The van der Waals surface area contributed by atoms with Gasteiger partial charge in [-0.25, -0.2) is 0 Å². The Kier molecular flexibility index (Phi) is 7.70. The van der Waals surface area contributed by atoms with E-state index in [0.717, 1.165) is 31.3 Å². The molecule has 0 bridgehead atoms. The molecule has 0 aromatic carbocycles. The summed E-state index contributed by atoms with van der Waals surface area (Å²) in [6.45, 7) is 17.3. The van der Waals surface area contributed by atoms with Crippen molar-refractivity contribution < 1.29 is 5.11 Å². The Morgan fingerprint density at radius 3 is 2.19 bits per heavy atom. The third-order valence-corrected chi connectivity index (χ3v) is 5.78. The Hall–Kier alpha value is -0.0800. The maximum absolute atomic E-state index is 10.4. The minimum Gasteiger partial charge on any atom is -0.393 e. The Labute approximate surface area is 133 Å². The molecule has 1 fully saturated rings. The number of aliphatic hydroxyl groups excluding tert-OH is 1. The zero-order chi connectivity index (χ0) is 16.0. The molecule has 0 saturated heterocycles. The van der Waals surface area contributed by atoms with Crippen LogP contribution in [0.5, 0.6) is 0 Å². The van der Waals surface area contributed by atoms with Gasteiger partial charge < -0.3 is 10.0 Å². The van der Waals surface area contributed by atoms with Gasteiger partial charge in [-0.3, -0.25) is 0 Å². The molecule has 126 valence electrons. The highest BCUT2D eigenvalue weighted by Gasteiger charge is 2.35. The highest BCUT2D eigenvalue weighted by atomic mass is 16.3. The van der Waals surface area contributed by atoms with Crippen LogP contribution in [0.3, 0.4) is 0 Å². The van der Waals surface area contributed by atoms with E-state index in [1.54, 1.807) is 0 Å². The smallest absolute Gasteiger partial charge is 0.0580 e. The lowest BCUT2D eigenvalue weighted by Crippen LogP contribution is -2.42. The van der Waals surface area contributed by atoms with E-state index in [1.165, 1.54) is 32.2 Å². The van der Waals surface area contributed by atoms with Gasteiger partial charge in [0.05, 0.1) is 6.10 Å². The molecule has 0 aromatic heterocycles. The molecule has 0 aliphatic heterocycles. The molecule has 0 aromatic rings. The fraction of sp³-hybridized carbons (Fsp3) is 1.00. The molecular weight excluding hydrogens is 258 g/mol. The molecule has 1 N–H and O–H groups in total. The van der Waals surface area contributed by atoms with Gasteiger partial charge in [-0.05, 0) is 49.0 Å². The predicted molar refractivity (Wildman–Crippen MR) is 92.5 cm³/mol. The Morgan fingerprint density at radius 1 is 1.10 bits per heavy atom. The standard InChI is InChI=1S/C19H39NO/c1-7-15(8-2)13-20(9-3)14-16-12-17(19(4,5)6)10-11-18(16)21/h15-18,21H,7-14H2,1-6H3. The second kappa shape index (κ2) is 8.53. The molecule has 1 saturated carbocycles. The van der Waals surface area contributed by atoms with E-state index in [-0.39, 0.29) is 6.10 Å². The highest BCUT2D eigenvalue weighted by molar-refractivity contribution is 4.87. The van der Waals surface area contributed by atoms with Gasteiger partial charge in [0, 0.05) is 13.1 Å². The molecule has 2 heteroatoms. The van der Waals surface area contributed by atoms with Crippen molar-refractivity contribution in [1.82, 2.24) is 4.90 Å². The zero-order valence-electron chi connectivity index (χ0n) is 15.4. The molecule has 1 aliphatic carbocycles. The van der Waals surface area contributed by atoms with Crippen LogP contribution in [-0.2, 0) is 0 Å². The third-order valence-electron chi connectivity index (χ3n) is 5.78. The van der Waals surface area contributed by atoms with Crippen LogP contribution < -0.4 is 0 Å². The average molecular weight is 298 g/mol. The van der Waals surface area contributed by atoms with Crippen molar-refractivity contribution in [3.8, 4) is 0 Å². The van der Waals surface area contributed by atoms with E-state index in [2.05, 4.69) is 46.4 Å². The number of aliphatic hydroxyl groups is 1. The molecule has 3 unspecified atom stereocenters. The lowest BCUT2D eigenvalue weighted by atomic mass is 9.68. The van der Waals surface area contributed by atoms with Crippen molar-refractivity contribution in [2.45, 2.75) is 79.8 Å². The molecular formula is C19H39NO. The van der Waals surface area contributed by atoms with Gasteiger partial charge in [-0.2, -0.15) is 0 Å². The molecule has 0 spiro atoms. The molecule has 3 atom stereocenters. The lowest BCUT2D eigenvalue weighted by Gasteiger charge is -2.42. The minimum atomic E-state index is -0.0839. The van der Waals surface area contributed by atoms with Crippen LogP contribution >= 0.6 is 0 Å². The summed E-state index contributed by atoms with van der Waals surface area (Å²) in [6, 6.07) is 0. The predicted octanol–water partition coefficient (Wildman–Crippen LogP) is 4.57. The first-order chi connectivity index (χ1) is 9.81. The van der Waals surface area contributed by atoms with Gasteiger partial charge >= 0.3 is 0 Å². The summed E-state index contributed by atoms with van der Waals surface area (Å²) in [5.74, 6) is 2.04. The van der Waals surface area contributed by atoms with Crippen molar-refractivity contribution >= 4 is 0 Å². The van der Waals surface area contributed by atoms with E-state index < -0.39 is 0 Å². The van der Waals surface area contributed by atoms with Crippen LogP contribution in [0.25, 0.3) is 0 Å². The number of rotatable bonds is 7. The van der Waals surface area contributed by atoms with Gasteiger partial charge in [0.25, 0.3) is 0 Å². The molecule has 1 rings (SSSR count). The fourth-order valence-corrected chi connectivity index (χ4v) is 3.81. The summed E-state index contributed by atoms with van der Waals surface area (Å²) >= 11 is 0. The van der Waals surface area contributed by atoms with E-state index in [1.807, 2.05) is 0 Å². The van der Waals surface area contributed by atoms with Crippen molar-refractivity contribution in [3.63, 3.8) is 0 Å². The van der Waals surface area contributed by atoms with E-state index in [9.17, 15) is 5.11 Å². The van der Waals surface area contributed by atoms with Gasteiger partial charge in [0.15, 0.2) is 0 Å². The largest absolute Gasteiger partial charge is 0.393 e. The Bertz CT molecular complexity index is 280. The SMILES string of the molecule is CCC(CC)CN(CC)CC1CC(C(C)(C)C)CCC1O. The summed E-state index contributed by atoms with van der Waals surface area (Å²) < 4.78 is 0. The van der Waals surface area contributed by atoms with E-state index in [4.69, 9.17) is 0 Å². The van der Waals surface area contributed by atoms with Crippen molar-refractivity contribution in [3.05, 3.63) is 0 Å². The third kappa shape index (κ3) is 5.90. The molecule has 0 radical (unpaired) electrons. The molecule has 2 nitrogen and oxygen atoms in total. The van der Waals surface area contributed by atoms with E-state index >= 15 is 0 Å². The second-order valence-corrected chi connectivity index (χ2v) is 8.24. The number of hydrogen-bond acceptors (Lipinski definition) is 2. The molecule has 1 aliphatic rings. The summed E-state index contributed by atoms with van der Waals surface area (Å²) in [7, 11) is 0. The quantitative estimate of drug-likeness (QED) is 0.744. The van der Waals surface area contributed by atoms with Crippen LogP contribution in [0, 0.1) is 23.2 Å². The maximum atomic E-state index is 10.4. The van der Waals surface area contributed by atoms with Crippen LogP contribution in [-0.4, -0.2) is 35.7 Å². The van der Waals surface area contributed by atoms with Crippen molar-refractivity contribution in [1.29, 1.82) is 0 Å². The fourth-order valence-electron chi connectivity index (χ4n) is 3.81. The minimum absolute atomic E-state index is 0.0839. The van der Waals surface area contributed by atoms with Gasteiger partial charge in [-0.1, -0.05) is 54.4 Å². The Morgan fingerprint density at radius 2 is 1.71 bits per heavy atom. The van der Waals surface area contributed by atoms with Crippen LogP contribution in [0.1, 0.15) is 73.6 Å². The normalized spacial score (nSPS) is 27.6.